The second-order valence-electron chi connectivity index (χ2n) is 9.05. The Morgan fingerprint density at radius 1 is 0.714 bits per heavy atom. The number of esters is 1. The normalized spacial score (nSPS) is 10.8. The van der Waals surface area contributed by atoms with Gasteiger partial charge in [-0.3, -0.25) is 0 Å². The third-order valence-corrected chi connectivity index (χ3v) is 6.01. The van der Waals surface area contributed by atoms with Gasteiger partial charge in [0.2, 0.25) is 0 Å². The lowest BCUT2D eigenvalue weighted by molar-refractivity contribution is 0.0734. The average molecular weight is 475 g/mol. The Morgan fingerprint density at radius 3 is 1.89 bits per heavy atom. The molecule has 3 aromatic rings. The van der Waals surface area contributed by atoms with Crippen molar-refractivity contribution < 1.29 is 14.3 Å². The molecule has 2 aromatic carbocycles. The van der Waals surface area contributed by atoms with Crippen molar-refractivity contribution in [3.8, 4) is 22.9 Å². The van der Waals surface area contributed by atoms with Crippen molar-refractivity contribution in [2.75, 3.05) is 6.61 Å². The lowest BCUT2D eigenvalue weighted by Gasteiger charge is -2.07. The fourth-order valence-electron chi connectivity index (χ4n) is 3.85. The largest absolute Gasteiger partial charge is 0.490 e. The van der Waals surface area contributed by atoms with Crippen LogP contribution in [0.2, 0.25) is 0 Å². The van der Waals surface area contributed by atoms with Gasteiger partial charge in [0.1, 0.15) is 5.75 Å². The second-order valence-corrected chi connectivity index (χ2v) is 9.05. The van der Waals surface area contributed by atoms with E-state index in [4.69, 9.17) is 9.47 Å². The fraction of sp³-hybridized carbons (Fsp3) is 0.433. The van der Waals surface area contributed by atoms with Gasteiger partial charge < -0.3 is 9.47 Å². The minimum absolute atomic E-state index is 0.392. The van der Waals surface area contributed by atoms with Crippen LogP contribution in [0, 0.1) is 6.92 Å². The molecule has 0 saturated heterocycles. The molecule has 0 unspecified atom stereocenters. The third-order valence-electron chi connectivity index (χ3n) is 6.01. The van der Waals surface area contributed by atoms with Crippen molar-refractivity contribution in [3.63, 3.8) is 0 Å². The van der Waals surface area contributed by atoms with E-state index in [0.29, 0.717) is 29.5 Å². The number of aromatic nitrogens is 2. The van der Waals surface area contributed by atoms with E-state index in [2.05, 4.69) is 16.9 Å². The smallest absolute Gasteiger partial charge is 0.343 e. The van der Waals surface area contributed by atoms with Crippen LogP contribution in [-0.2, 0) is 0 Å². The predicted octanol–water partition coefficient (Wildman–Crippen LogP) is 7.97. The summed E-state index contributed by atoms with van der Waals surface area (Å²) in [5.74, 6) is 1.41. The van der Waals surface area contributed by atoms with Gasteiger partial charge in [-0.2, -0.15) is 0 Å². The van der Waals surface area contributed by atoms with Gasteiger partial charge in [-0.1, -0.05) is 94.5 Å². The summed E-state index contributed by atoms with van der Waals surface area (Å²) in [7, 11) is 0. The van der Waals surface area contributed by atoms with Gasteiger partial charge in [-0.15, -0.1) is 0 Å². The third kappa shape index (κ3) is 9.51. The van der Waals surface area contributed by atoms with Crippen LogP contribution >= 0.6 is 0 Å². The van der Waals surface area contributed by atoms with Crippen LogP contribution in [0.25, 0.3) is 11.4 Å². The highest BCUT2D eigenvalue weighted by molar-refractivity contribution is 5.91. The number of benzene rings is 2. The molecular formula is C30H38N2O3. The number of rotatable bonds is 15. The van der Waals surface area contributed by atoms with Gasteiger partial charge in [0.25, 0.3) is 0 Å². The maximum Gasteiger partial charge on any atom is 0.343 e. The molecule has 5 heteroatoms. The average Bonchev–Trinajstić information content (AvgIpc) is 2.89. The quantitative estimate of drug-likeness (QED) is 0.127. The number of carbonyl (C=O) groups excluding carboxylic acids is 1. The Labute approximate surface area is 209 Å². The molecule has 0 N–H and O–H groups in total. The van der Waals surface area contributed by atoms with Gasteiger partial charge in [0, 0.05) is 5.56 Å². The van der Waals surface area contributed by atoms with E-state index < -0.39 is 5.97 Å². The maximum absolute atomic E-state index is 12.4. The molecule has 0 bridgehead atoms. The Hall–Kier alpha value is -3.21. The minimum Gasteiger partial charge on any atom is -0.490 e. The monoisotopic (exact) mass is 474 g/mol. The Bertz CT molecular complexity index is 999. The van der Waals surface area contributed by atoms with Gasteiger partial charge in [-0.25, -0.2) is 14.8 Å². The highest BCUT2D eigenvalue weighted by Crippen LogP contribution is 2.19. The highest BCUT2D eigenvalue weighted by atomic mass is 16.5. The lowest BCUT2D eigenvalue weighted by Crippen LogP contribution is -2.08. The lowest BCUT2D eigenvalue weighted by atomic mass is 10.1. The molecule has 0 amide bonds. The molecule has 0 aliphatic heterocycles. The molecule has 0 aliphatic rings. The SMILES string of the molecule is CCCCCCCCCCCCOc1cnc(-c2ccc(C(=O)Oc3ccc(C)cc3)cc2)nc1. The molecule has 0 saturated carbocycles. The Kier molecular flexibility index (Phi) is 11.3. The van der Waals surface area contributed by atoms with Crippen molar-refractivity contribution in [2.45, 2.75) is 78.1 Å². The first kappa shape index (κ1) is 26.4. The molecule has 5 nitrogen and oxygen atoms in total. The standard InChI is InChI=1S/C30H38N2O3/c1-3-4-5-6-7-8-9-10-11-12-21-34-28-22-31-29(32-23-28)25-15-17-26(18-16-25)30(33)35-27-19-13-24(2)14-20-27/h13-20,22-23H,3-12,21H2,1-2H3. The Balaban J connectivity index is 1.35. The first-order chi connectivity index (χ1) is 17.2. The summed E-state index contributed by atoms with van der Waals surface area (Å²) < 4.78 is 11.2. The molecule has 3 rings (SSSR count). The molecule has 1 heterocycles. The fourth-order valence-corrected chi connectivity index (χ4v) is 3.85. The van der Waals surface area contributed by atoms with E-state index >= 15 is 0 Å². The molecule has 186 valence electrons. The zero-order chi connectivity index (χ0) is 24.7. The van der Waals surface area contributed by atoms with Crippen LogP contribution in [0.1, 0.15) is 87.1 Å². The van der Waals surface area contributed by atoms with Crippen molar-refractivity contribution >= 4 is 5.97 Å². The number of carbonyl (C=O) groups is 1. The zero-order valence-corrected chi connectivity index (χ0v) is 21.2. The first-order valence-electron chi connectivity index (χ1n) is 13.0. The predicted molar refractivity (Wildman–Crippen MR) is 141 cm³/mol. The van der Waals surface area contributed by atoms with Crippen molar-refractivity contribution in [3.05, 3.63) is 72.1 Å². The summed E-state index contributed by atoms with van der Waals surface area (Å²) >= 11 is 0. The number of hydrogen-bond acceptors (Lipinski definition) is 5. The first-order valence-corrected chi connectivity index (χ1v) is 13.0. The van der Waals surface area contributed by atoms with E-state index in [0.717, 1.165) is 17.5 Å². The molecule has 1 aromatic heterocycles. The topological polar surface area (TPSA) is 61.3 Å². The van der Waals surface area contributed by atoms with Crippen LogP contribution in [0.15, 0.2) is 60.9 Å². The van der Waals surface area contributed by atoms with Gasteiger partial charge in [0.15, 0.2) is 11.6 Å². The van der Waals surface area contributed by atoms with Gasteiger partial charge in [0.05, 0.1) is 24.6 Å². The van der Waals surface area contributed by atoms with Crippen LogP contribution in [0.4, 0.5) is 0 Å². The molecule has 0 atom stereocenters. The van der Waals surface area contributed by atoms with Crippen LogP contribution < -0.4 is 9.47 Å². The summed E-state index contributed by atoms with van der Waals surface area (Å²) in [4.78, 5) is 21.2. The second kappa shape index (κ2) is 14.9. The van der Waals surface area contributed by atoms with E-state index in [1.54, 1.807) is 36.7 Å². The molecule has 35 heavy (non-hydrogen) atoms. The highest BCUT2D eigenvalue weighted by Gasteiger charge is 2.10. The summed E-state index contributed by atoms with van der Waals surface area (Å²) in [6.07, 6.45) is 16.5. The molecule has 0 fully saturated rings. The number of nitrogens with zero attached hydrogens (tertiary/aromatic N) is 2. The van der Waals surface area contributed by atoms with Gasteiger partial charge in [-0.05, 0) is 37.6 Å². The molecular weight excluding hydrogens is 436 g/mol. The van der Waals surface area contributed by atoms with Crippen molar-refractivity contribution in [1.29, 1.82) is 0 Å². The summed E-state index contributed by atoms with van der Waals surface area (Å²) in [5.41, 5.74) is 2.42. The number of ether oxygens (including phenoxy) is 2. The zero-order valence-electron chi connectivity index (χ0n) is 21.2. The molecule has 0 radical (unpaired) electrons. The summed E-state index contributed by atoms with van der Waals surface area (Å²) in [6, 6.07) is 14.5. The van der Waals surface area contributed by atoms with E-state index in [1.165, 1.54) is 57.8 Å². The number of aryl methyl sites for hydroxylation is 1. The molecule has 0 spiro atoms. The Morgan fingerprint density at radius 2 is 1.29 bits per heavy atom. The van der Waals surface area contributed by atoms with Crippen LogP contribution in [0.3, 0.4) is 0 Å². The maximum atomic E-state index is 12.4. The van der Waals surface area contributed by atoms with E-state index in [-0.39, 0.29) is 0 Å². The van der Waals surface area contributed by atoms with E-state index in [1.807, 2.05) is 31.2 Å². The summed E-state index contributed by atoms with van der Waals surface area (Å²) in [5, 5.41) is 0. The summed E-state index contributed by atoms with van der Waals surface area (Å²) in [6.45, 7) is 4.94. The van der Waals surface area contributed by atoms with Crippen LogP contribution in [-0.4, -0.2) is 22.5 Å². The van der Waals surface area contributed by atoms with Crippen molar-refractivity contribution in [2.24, 2.45) is 0 Å². The number of unbranched alkanes of at least 4 members (excludes halogenated alkanes) is 9. The number of hydrogen-bond donors (Lipinski definition) is 0. The van der Waals surface area contributed by atoms with Crippen LogP contribution in [0.5, 0.6) is 11.5 Å². The van der Waals surface area contributed by atoms with Gasteiger partial charge >= 0.3 is 5.97 Å². The van der Waals surface area contributed by atoms with E-state index in [9.17, 15) is 4.79 Å². The van der Waals surface area contributed by atoms with Crippen molar-refractivity contribution in [1.82, 2.24) is 9.97 Å². The minimum atomic E-state index is -0.392. The molecule has 0 aliphatic carbocycles.